The molecule has 28 heavy (non-hydrogen) atoms. The number of nitrogens with two attached hydrogens (primary N) is 1. The Morgan fingerprint density at radius 2 is 2.14 bits per heavy atom. The van der Waals surface area contributed by atoms with Crippen LogP contribution in [0.3, 0.4) is 0 Å². The molecule has 1 rings (SSSR count). The molecule has 1 aliphatic carbocycles. The number of amides is 2. The molecule has 0 spiro atoms. The summed E-state index contributed by atoms with van der Waals surface area (Å²) in [5.74, 6) is 0.774. The van der Waals surface area contributed by atoms with Gasteiger partial charge in [-0.2, -0.15) is 5.26 Å². The second kappa shape index (κ2) is 12.2. The number of nitrogens with one attached hydrogen (secondary N) is 3. The number of nitriles is 1. The van der Waals surface area contributed by atoms with E-state index in [2.05, 4.69) is 26.9 Å². The molecule has 2 unspecified atom stereocenters. The number of carbonyl (C=O) groups is 3. The Labute approximate surface area is 164 Å². The van der Waals surface area contributed by atoms with Gasteiger partial charge in [-0.3, -0.25) is 19.7 Å². The number of rotatable bonds is 8. The van der Waals surface area contributed by atoms with Crippen LogP contribution in [0.25, 0.3) is 0 Å². The third-order valence-corrected chi connectivity index (χ3v) is 4.16. The zero-order valence-electron chi connectivity index (χ0n) is 15.9. The molecule has 1 fully saturated rings. The third-order valence-electron chi connectivity index (χ3n) is 4.16. The average Bonchev–Trinajstić information content (AvgIpc) is 2.66. The van der Waals surface area contributed by atoms with E-state index in [9.17, 15) is 14.4 Å². The molecule has 152 valence electrons. The van der Waals surface area contributed by atoms with Gasteiger partial charge < -0.3 is 21.1 Å². The highest BCUT2D eigenvalue weighted by Gasteiger charge is 2.27. The van der Waals surface area contributed by atoms with E-state index in [-0.39, 0.29) is 43.4 Å². The van der Waals surface area contributed by atoms with Crippen LogP contribution in [-0.4, -0.2) is 49.0 Å². The number of nitrogens with zero attached hydrogens (tertiary/aromatic N) is 2. The first-order chi connectivity index (χ1) is 13.4. The summed E-state index contributed by atoms with van der Waals surface area (Å²) in [6.45, 7) is 1.65. The average molecular weight is 390 g/mol. The van der Waals surface area contributed by atoms with Crippen molar-refractivity contribution < 1.29 is 19.1 Å². The Morgan fingerprint density at radius 1 is 1.39 bits per heavy atom. The minimum absolute atomic E-state index is 0.0230. The highest BCUT2D eigenvalue weighted by molar-refractivity contribution is 5.86. The van der Waals surface area contributed by atoms with Crippen molar-refractivity contribution in [2.75, 3.05) is 13.2 Å². The topological polar surface area (TPSA) is 159 Å². The van der Waals surface area contributed by atoms with E-state index in [1.54, 1.807) is 13.1 Å². The standard InChI is InChI=1S/C18H26N6O4/c1-3-13(9-16(26)28-4-2)23-15(25)10-21-17(27)12-6-5-7-14(8-12)24-18(20)22-11-19/h1,12-14H,4-10H2,2H3,(H,21,27)(H,23,25)(H3,20,22,24)/t12?,13-,14?/m1/s1. The van der Waals surface area contributed by atoms with E-state index >= 15 is 0 Å². The van der Waals surface area contributed by atoms with Gasteiger partial charge in [0, 0.05) is 5.92 Å². The fraction of sp³-hybridized carbons (Fsp3) is 0.611. The summed E-state index contributed by atoms with van der Waals surface area (Å²) in [6, 6.07) is -0.956. The van der Waals surface area contributed by atoms with Crippen LogP contribution in [0.15, 0.2) is 4.99 Å². The Bertz CT molecular complexity index is 679. The fourth-order valence-electron chi connectivity index (χ4n) is 2.90. The summed E-state index contributed by atoms with van der Waals surface area (Å²) in [7, 11) is 0. The minimum atomic E-state index is -0.799. The van der Waals surface area contributed by atoms with Crippen molar-refractivity contribution in [3.05, 3.63) is 0 Å². The molecule has 0 aliphatic heterocycles. The fourth-order valence-corrected chi connectivity index (χ4v) is 2.90. The van der Waals surface area contributed by atoms with E-state index < -0.39 is 17.9 Å². The van der Waals surface area contributed by atoms with Crippen LogP contribution in [0.5, 0.6) is 0 Å². The van der Waals surface area contributed by atoms with Crippen molar-refractivity contribution in [3.63, 3.8) is 0 Å². The molecular formula is C18H26N6O4. The van der Waals surface area contributed by atoms with E-state index in [4.69, 9.17) is 22.2 Å². The van der Waals surface area contributed by atoms with Crippen molar-refractivity contribution in [2.45, 2.75) is 51.1 Å². The Hall–Kier alpha value is -3.27. The van der Waals surface area contributed by atoms with E-state index in [1.807, 2.05) is 0 Å². The molecule has 1 aliphatic rings. The molecule has 2 amide bonds. The molecule has 0 aromatic rings. The molecule has 5 N–H and O–H groups in total. The van der Waals surface area contributed by atoms with Crippen LogP contribution in [-0.2, 0) is 19.1 Å². The van der Waals surface area contributed by atoms with Crippen molar-refractivity contribution in [2.24, 2.45) is 16.6 Å². The van der Waals surface area contributed by atoms with E-state index in [1.165, 1.54) is 0 Å². The highest BCUT2D eigenvalue weighted by atomic mass is 16.5. The van der Waals surface area contributed by atoms with Gasteiger partial charge in [-0.15, -0.1) is 6.42 Å². The van der Waals surface area contributed by atoms with Crippen LogP contribution in [0, 0.1) is 29.7 Å². The number of aliphatic imine (C=N–C) groups is 1. The highest BCUT2D eigenvalue weighted by Crippen LogP contribution is 2.26. The van der Waals surface area contributed by atoms with Crippen LogP contribution < -0.4 is 21.7 Å². The molecule has 3 atom stereocenters. The summed E-state index contributed by atoms with van der Waals surface area (Å²) >= 11 is 0. The van der Waals surface area contributed by atoms with Gasteiger partial charge in [0.1, 0.15) is 6.04 Å². The van der Waals surface area contributed by atoms with Gasteiger partial charge in [-0.05, 0) is 26.2 Å². The van der Waals surface area contributed by atoms with Gasteiger partial charge in [0.25, 0.3) is 0 Å². The van der Waals surface area contributed by atoms with Crippen molar-refractivity contribution >= 4 is 23.7 Å². The first kappa shape index (κ1) is 22.8. The lowest BCUT2D eigenvalue weighted by Gasteiger charge is -2.26. The normalized spacial score (nSPS) is 20.0. The number of hydrogen-bond acceptors (Lipinski definition) is 6. The van der Waals surface area contributed by atoms with Gasteiger partial charge in [-0.1, -0.05) is 12.3 Å². The van der Waals surface area contributed by atoms with E-state index in [0.29, 0.717) is 12.8 Å². The van der Waals surface area contributed by atoms with Gasteiger partial charge in [0.15, 0.2) is 6.19 Å². The number of terminal acetylenes is 1. The minimum Gasteiger partial charge on any atom is -0.466 e. The lowest BCUT2D eigenvalue weighted by atomic mass is 9.85. The monoisotopic (exact) mass is 390 g/mol. The Kier molecular flexibility index (Phi) is 9.90. The summed E-state index contributed by atoms with van der Waals surface area (Å²) < 4.78 is 4.79. The lowest BCUT2D eigenvalue weighted by molar-refractivity contribution is -0.143. The predicted molar refractivity (Wildman–Crippen MR) is 101 cm³/mol. The summed E-state index contributed by atoms with van der Waals surface area (Å²) in [5.41, 5.74) is 5.56. The third kappa shape index (κ3) is 8.41. The van der Waals surface area contributed by atoms with Crippen molar-refractivity contribution in [1.82, 2.24) is 16.0 Å². The summed E-state index contributed by atoms with van der Waals surface area (Å²) in [4.78, 5) is 39.9. The Balaban J connectivity index is 2.45. The smallest absolute Gasteiger partial charge is 0.308 e. The predicted octanol–water partition coefficient (Wildman–Crippen LogP) is -0.882. The molecule has 0 heterocycles. The summed E-state index contributed by atoms with van der Waals surface area (Å²) in [5, 5.41) is 15.8. The van der Waals surface area contributed by atoms with Crippen LogP contribution in [0.4, 0.5) is 0 Å². The molecular weight excluding hydrogens is 364 g/mol. The van der Waals surface area contributed by atoms with Gasteiger partial charge in [0.2, 0.25) is 17.8 Å². The largest absolute Gasteiger partial charge is 0.466 e. The number of hydrogen-bond donors (Lipinski definition) is 4. The molecule has 1 saturated carbocycles. The van der Waals surface area contributed by atoms with Crippen LogP contribution in [0.2, 0.25) is 0 Å². The molecule has 10 nitrogen and oxygen atoms in total. The number of guanidine groups is 1. The molecule has 0 radical (unpaired) electrons. The summed E-state index contributed by atoms with van der Waals surface area (Å²) in [6.07, 6.45) is 9.59. The Morgan fingerprint density at radius 3 is 2.79 bits per heavy atom. The number of esters is 1. The number of ether oxygens (including phenoxy) is 1. The van der Waals surface area contributed by atoms with Gasteiger partial charge in [0.05, 0.1) is 25.6 Å². The maximum Gasteiger partial charge on any atom is 0.308 e. The number of carbonyl (C=O) groups excluding carboxylic acids is 3. The van der Waals surface area contributed by atoms with E-state index in [0.717, 1.165) is 12.8 Å². The van der Waals surface area contributed by atoms with Crippen LogP contribution >= 0.6 is 0 Å². The first-order valence-corrected chi connectivity index (χ1v) is 9.06. The molecule has 0 bridgehead atoms. The van der Waals surface area contributed by atoms with Crippen molar-refractivity contribution in [3.8, 4) is 18.5 Å². The molecule has 10 heteroatoms. The lowest BCUT2D eigenvalue weighted by Crippen LogP contribution is -2.44. The second-order valence-corrected chi connectivity index (χ2v) is 6.28. The van der Waals surface area contributed by atoms with Gasteiger partial charge >= 0.3 is 5.97 Å². The molecule has 0 aromatic heterocycles. The van der Waals surface area contributed by atoms with Crippen LogP contribution in [0.1, 0.15) is 39.0 Å². The second-order valence-electron chi connectivity index (χ2n) is 6.28. The zero-order valence-corrected chi connectivity index (χ0v) is 15.9. The van der Waals surface area contributed by atoms with Crippen molar-refractivity contribution in [1.29, 1.82) is 5.26 Å². The maximum absolute atomic E-state index is 12.3. The maximum atomic E-state index is 12.3. The molecule has 0 saturated heterocycles. The molecule has 0 aromatic carbocycles. The first-order valence-electron chi connectivity index (χ1n) is 9.06. The van der Waals surface area contributed by atoms with Gasteiger partial charge in [-0.25, -0.2) is 4.99 Å². The SMILES string of the molecule is C#C[C@H](CC(=O)OCC)NC(=O)CNC(=O)C1CCCC(N=C(N)NC#N)C1. The quantitative estimate of drug-likeness (QED) is 0.105. The zero-order chi connectivity index (χ0) is 20.9.